The zero-order valence-corrected chi connectivity index (χ0v) is 19.6. The van der Waals surface area contributed by atoms with Gasteiger partial charge in [0.25, 0.3) is 5.69 Å². The van der Waals surface area contributed by atoms with E-state index >= 15 is 0 Å². The van der Waals surface area contributed by atoms with Gasteiger partial charge in [-0.05, 0) is 36.4 Å². The molecule has 2 aromatic carbocycles. The predicted octanol–water partition coefficient (Wildman–Crippen LogP) is 4.35. The van der Waals surface area contributed by atoms with Crippen LogP contribution in [-0.2, 0) is 20.9 Å². The number of anilines is 1. The minimum Gasteiger partial charge on any atom is -0.457 e. The molecule has 0 spiro atoms. The number of carbonyl (C=O) groups excluding carboxylic acids is 3. The highest BCUT2D eigenvalue weighted by molar-refractivity contribution is 6.03. The van der Waals surface area contributed by atoms with E-state index in [1.165, 1.54) is 13.0 Å². The first-order valence-electron chi connectivity index (χ1n) is 10.7. The van der Waals surface area contributed by atoms with Crippen LogP contribution in [0.4, 0.5) is 16.2 Å². The van der Waals surface area contributed by atoms with Gasteiger partial charge in [-0.15, -0.1) is 0 Å². The van der Waals surface area contributed by atoms with Crippen LogP contribution in [0.5, 0.6) is 0 Å². The number of esters is 2. The van der Waals surface area contributed by atoms with Crippen molar-refractivity contribution in [1.29, 1.82) is 0 Å². The summed E-state index contributed by atoms with van der Waals surface area (Å²) in [4.78, 5) is 48.5. The van der Waals surface area contributed by atoms with Gasteiger partial charge in [-0.3, -0.25) is 20.2 Å². The number of nitro benzene ring substituents is 1. The highest BCUT2D eigenvalue weighted by Crippen LogP contribution is 2.31. The minimum atomic E-state index is -1.17. The average Bonchev–Trinajstić information content (AvgIpc) is 2.75. The van der Waals surface area contributed by atoms with E-state index in [4.69, 9.17) is 15.2 Å². The summed E-state index contributed by atoms with van der Waals surface area (Å²) in [5, 5.41) is 13.6. The number of nitrogens with zero attached hydrogens (tertiary/aromatic N) is 1. The molecule has 3 N–H and O–H groups in total. The zero-order valence-electron chi connectivity index (χ0n) is 19.6. The maximum atomic E-state index is 12.8. The number of non-ortho nitro benzene ring substituents is 1. The standard InChI is InChI=1S/C24H29N3O7/c1-15-12-17(27(31)32)13-19(20(15)22(29)33-14-16-8-6-5-7-9-16)26-23(30)34-21(28)18(10-11-25)24(2,3)4/h5-9,12-13,18H,10-11,14,25H2,1-4H3,(H,26,30). The second-order valence-corrected chi connectivity index (χ2v) is 8.83. The molecule has 0 saturated heterocycles. The molecule has 2 aromatic rings. The highest BCUT2D eigenvalue weighted by atomic mass is 16.6. The molecule has 1 unspecified atom stereocenters. The lowest BCUT2D eigenvalue weighted by Gasteiger charge is -2.28. The molecule has 0 aliphatic carbocycles. The second-order valence-electron chi connectivity index (χ2n) is 8.83. The molecule has 1 atom stereocenters. The molecule has 0 fully saturated rings. The Morgan fingerprint density at radius 2 is 1.79 bits per heavy atom. The Labute approximate surface area is 197 Å². The summed E-state index contributed by atoms with van der Waals surface area (Å²) in [5.74, 6) is -2.23. The summed E-state index contributed by atoms with van der Waals surface area (Å²) in [7, 11) is 0. The monoisotopic (exact) mass is 471 g/mol. The fraction of sp³-hybridized carbons (Fsp3) is 0.375. The Kier molecular flexibility index (Phi) is 8.85. The number of carbonyl (C=O) groups is 3. The molecule has 1 amide bonds. The first kappa shape index (κ1) is 26.5. The summed E-state index contributed by atoms with van der Waals surface area (Å²) in [5.41, 5.74) is 5.39. The summed E-state index contributed by atoms with van der Waals surface area (Å²) in [6.45, 7) is 7.11. The van der Waals surface area contributed by atoms with Crippen LogP contribution < -0.4 is 11.1 Å². The Balaban J connectivity index is 2.27. The Bertz CT molecular complexity index is 1060. The summed E-state index contributed by atoms with van der Waals surface area (Å²) >= 11 is 0. The van der Waals surface area contributed by atoms with E-state index in [1.54, 1.807) is 24.3 Å². The molecular weight excluding hydrogens is 442 g/mol. The number of aryl methyl sites for hydroxylation is 1. The van der Waals surface area contributed by atoms with Gasteiger partial charge >= 0.3 is 18.0 Å². The van der Waals surface area contributed by atoms with Crippen molar-refractivity contribution < 1.29 is 28.8 Å². The van der Waals surface area contributed by atoms with Crippen LogP contribution in [0.1, 0.15) is 48.7 Å². The van der Waals surface area contributed by atoms with Crippen molar-refractivity contribution >= 4 is 29.4 Å². The van der Waals surface area contributed by atoms with Crippen LogP contribution in [-0.4, -0.2) is 29.5 Å². The largest absolute Gasteiger partial charge is 0.457 e. The minimum absolute atomic E-state index is 0.0369. The number of ether oxygens (including phenoxy) is 2. The number of rotatable bonds is 8. The molecule has 0 bridgehead atoms. The number of amides is 1. The molecule has 34 heavy (non-hydrogen) atoms. The van der Waals surface area contributed by atoms with E-state index in [9.17, 15) is 24.5 Å². The van der Waals surface area contributed by atoms with E-state index in [2.05, 4.69) is 5.32 Å². The van der Waals surface area contributed by atoms with Crippen molar-refractivity contribution in [2.24, 2.45) is 17.1 Å². The predicted molar refractivity (Wildman–Crippen MR) is 125 cm³/mol. The number of nitro groups is 1. The number of benzene rings is 2. The van der Waals surface area contributed by atoms with Crippen molar-refractivity contribution in [3.05, 3.63) is 69.3 Å². The van der Waals surface area contributed by atoms with Gasteiger partial charge in [-0.2, -0.15) is 0 Å². The third-order valence-electron chi connectivity index (χ3n) is 5.16. The van der Waals surface area contributed by atoms with Crippen LogP contribution in [0, 0.1) is 28.4 Å². The summed E-state index contributed by atoms with van der Waals surface area (Å²) in [6, 6.07) is 11.1. The smallest absolute Gasteiger partial charge is 0.419 e. The normalized spacial score (nSPS) is 11.9. The van der Waals surface area contributed by atoms with Crippen molar-refractivity contribution in [2.75, 3.05) is 11.9 Å². The topological polar surface area (TPSA) is 151 Å². The molecule has 10 heteroatoms. The van der Waals surface area contributed by atoms with Gasteiger partial charge < -0.3 is 15.2 Å². The molecule has 182 valence electrons. The molecule has 0 aliphatic heterocycles. The quantitative estimate of drug-likeness (QED) is 0.250. The van der Waals surface area contributed by atoms with Crippen molar-refractivity contribution in [3.8, 4) is 0 Å². The first-order chi connectivity index (χ1) is 15.9. The van der Waals surface area contributed by atoms with E-state index in [1.807, 2.05) is 26.8 Å². The van der Waals surface area contributed by atoms with Gasteiger partial charge in [-0.25, -0.2) is 9.59 Å². The molecule has 10 nitrogen and oxygen atoms in total. The third kappa shape index (κ3) is 7.11. The van der Waals surface area contributed by atoms with Gasteiger partial charge in [0.2, 0.25) is 0 Å². The highest BCUT2D eigenvalue weighted by Gasteiger charge is 2.33. The lowest BCUT2D eigenvalue weighted by molar-refractivity contribution is -0.384. The number of nitrogens with two attached hydrogens (primary N) is 1. The van der Waals surface area contributed by atoms with Crippen molar-refractivity contribution in [1.82, 2.24) is 0 Å². The number of nitrogens with one attached hydrogen (secondary N) is 1. The SMILES string of the molecule is Cc1cc([N+](=O)[O-])cc(NC(=O)OC(=O)C(CCN)C(C)(C)C)c1C(=O)OCc1ccccc1. The van der Waals surface area contributed by atoms with Crippen LogP contribution in [0.15, 0.2) is 42.5 Å². The van der Waals surface area contributed by atoms with Gasteiger partial charge in [0.05, 0.1) is 22.1 Å². The van der Waals surface area contributed by atoms with Crippen molar-refractivity contribution in [2.45, 2.75) is 40.7 Å². The Morgan fingerprint density at radius 1 is 1.15 bits per heavy atom. The van der Waals surface area contributed by atoms with E-state index < -0.39 is 34.3 Å². The van der Waals surface area contributed by atoms with Gasteiger partial charge in [0.1, 0.15) is 6.61 Å². The summed E-state index contributed by atoms with van der Waals surface area (Å²) in [6.07, 6.45) is -0.865. The molecule has 0 saturated carbocycles. The van der Waals surface area contributed by atoms with Crippen LogP contribution in [0.2, 0.25) is 0 Å². The van der Waals surface area contributed by atoms with E-state index in [-0.39, 0.29) is 35.7 Å². The average molecular weight is 472 g/mol. The molecule has 0 heterocycles. The van der Waals surface area contributed by atoms with E-state index in [0.717, 1.165) is 11.6 Å². The molecule has 0 aromatic heterocycles. The second kappa shape index (κ2) is 11.4. The maximum absolute atomic E-state index is 12.8. The zero-order chi connectivity index (χ0) is 25.5. The Morgan fingerprint density at radius 3 is 2.35 bits per heavy atom. The molecular formula is C24H29N3O7. The van der Waals surface area contributed by atoms with Crippen molar-refractivity contribution in [3.63, 3.8) is 0 Å². The molecule has 2 rings (SSSR count). The van der Waals surface area contributed by atoms with Crippen LogP contribution in [0.3, 0.4) is 0 Å². The number of hydrogen-bond donors (Lipinski definition) is 2. The van der Waals surface area contributed by atoms with Gasteiger partial charge in [-0.1, -0.05) is 51.1 Å². The van der Waals surface area contributed by atoms with Gasteiger partial charge in [0, 0.05) is 12.1 Å². The number of hydrogen-bond acceptors (Lipinski definition) is 8. The van der Waals surface area contributed by atoms with Crippen LogP contribution >= 0.6 is 0 Å². The lowest BCUT2D eigenvalue weighted by atomic mass is 9.79. The van der Waals surface area contributed by atoms with Crippen LogP contribution in [0.25, 0.3) is 0 Å². The molecule has 0 radical (unpaired) electrons. The molecule has 0 aliphatic rings. The fourth-order valence-corrected chi connectivity index (χ4v) is 3.41. The first-order valence-corrected chi connectivity index (χ1v) is 10.7. The van der Waals surface area contributed by atoms with Gasteiger partial charge in [0.15, 0.2) is 0 Å². The Hall–Kier alpha value is -3.79. The third-order valence-corrected chi connectivity index (χ3v) is 5.16. The maximum Gasteiger partial charge on any atom is 0.419 e. The van der Waals surface area contributed by atoms with E-state index in [0.29, 0.717) is 6.42 Å². The lowest BCUT2D eigenvalue weighted by Crippen LogP contribution is -2.34. The summed E-state index contributed by atoms with van der Waals surface area (Å²) < 4.78 is 10.3. The fourth-order valence-electron chi connectivity index (χ4n) is 3.41.